The molecule has 0 spiro atoms. The van der Waals surface area contributed by atoms with Gasteiger partial charge in [0, 0.05) is 32.2 Å². The molecule has 7 nitrogen and oxygen atoms in total. The largest absolute Gasteiger partial charge is 0.493 e. The van der Waals surface area contributed by atoms with Gasteiger partial charge in [-0.1, -0.05) is 18.2 Å². The zero-order valence-corrected chi connectivity index (χ0v) is 18.5. The van der Waals surface area contributed by atoms with Gasteiger partial charge in [-0.3, -0.25) is 4.99 Å². The van der Waals surface area contributed by atoms with E-state index in [1.165, 1.54) is 12.8 Å². The van der Waals surface area contributed by atoms with Crippen molar-refractivity contribution in [2.24, 2.45) is 10.9 Å². The molecular formula is C17H29IN4O3S. The Morgan fingerprint density at radius 3 is 2.62 bits per heavy atom. The quantitative estimate of drug-likeness (QED) is 0.199. The van der Waals surface area contributed by atoms with Crippen LogP contribution in [0.1, 0.15) is 24.8 Å². The van der Waals surface area contributed by atoms with Crippen molar-refractivity contribution in [1.29, 1.82) is 0 Å². The maximum atomic E-state index is 11.0. The Bertz CT molecular complexity index is 678. The number of hydrogen-bond acceptors (Lipinski definition) is 4. The van der Waals surface area contributed by atoms with Crippen LogP contribution in [-0.2, 0) is 16.6 Å². The van der Waals surface area contributed by atoms with Crippen molar-refractivity contribution in [3.8, 4) is 5.75 Å². The van der Waals surface area contributed by atoms with E-state index in [4.69, 9.17) is 4.74 Å². The molecule has 0 radical (unpaired) electrons. The minimum atomic E-state index is -3.13. The third kappa shape index (κ3) is 9.58. The maximum Gasteiger partial charge on any atom is 0.208 e. The minimum Gasteiger partial charge on any atom is -0.493 e. The lowest BCUT2D eigenvalue weighted by atomic mass is 10.2. The topological polar surface area (TPSA) is 91.8 Å². The highest BCUT2D eigenvalue weighted by Gasteiger charge is 2.22. The van der Waals surface area contributed by atoms with Crippen molar-refractivity contribution in [3.05, 3.63) is 29.8 Å². The van der Waals surface area contributed by atoms with E-state index in [1.54, 1.807) is 7.05 Å². The van der Waals surface area contributed by atoms with Crippen molar-refractivity contribution in [2.75, 3.05) is 33.0 Å². The second-order valence-corrected chi connectivity index (χ2v) is 8.07. The molecule has 2 rings (SSSR count). The fraction of sp³-hybridized carbons (Fsp3) is 0.588. The van der Waals surface area contributed by atoms with Crippen LogP contribution in [0.5, 0.6) is 5.75 Å². The summed E-state index contributed by atoms with van der Waals surface area (Å²) in [5, 5.41) is 6.43. The first kappa shape index (κ1) is 23.0. The molecule has 0 amide bonds. The average molecular weight is 496 g/mol. The van der Waals surface area contributed by atoms with Crippen LogP contribution in [0, 0.1) is 5.92 Å². The van der Waals surface area contributed by atoms with E-state index in [0.717, 1.165) is 30.1 Å². The van der Waals surface area contributed by atoms with Gasteiger partial charge in [-0.05, 0) is 31.2 Å². The Balaban J connectivity index is 0.00000338. The van der Waals surface area contributed by atoms with E-state index >= 15 is 0 Å². The molecule has 26 heavy (non-hydrogen) atoms. The molecule has 1 aromatic rings. The molecule has 3 N–H and O–H groups in total. The predicted molar refractivity (Wildman–Crippen MR) is 116 cm³/mol. The van der Waals surface area contributed by atoms with Crippen LogP contribution in [-0.4, -0.2) is 47.4 Å². The molecule has 0 bridgehead atoms. The van der Waals surface area contributed by atoms with E-state index in [9.17, 15) is 8.42 Å². The van der Waals surface area contributed by atoms with Crippen LogP contribution in [0.15, 0.2) is 29.3 Å². The fourth-order valence-corrected chi connectivity index (χ4v) is 2.75. The van der Waals surface area contributed by atoms with Gasteiger partial charge in [0.2, 0.25) is 10.0 Å². The third-order valence-electron chi connectivity index (χ3n) is 3.82. The SMILES string of the molecule is CN=C(NCCCNS(C)(=O)=O)NCc1ccccc1OCC1CC1.I. The Kier molecular flexibility index (Phi) is 10.3. The van der Waals surface area contributed by atoms with Crippen molar-refractivity contribution in [2.45, 2.75) is 25.8 Å². The Morgan fingerprint density at radius 2 is 1.96 bits per heavy atom. The van der Waals surface area contributed by atoms with E-state index in [1.807, 2.05) is 24.3 Å². The lowest BCUT2D eigenvalue weighted by Gasteiger charge is -2.15. The van der Waals surface area contributed by atoms with Crippen LogP contribution in [0.3, 0.4) is 0 Å². The lowest BCUT2D eigenvalue weighted by Crippen LogP contribution is -2.38. The normalized spacial score (nSPS) is 14.5. The van der Waals surface area contributed by atoms with E-state index in [0.29, 0.717) is 32.0 Å². The number of aliphatic imine (C=N–C) groups is 1. The zero-order chi connectivity index (χ0) is 18.1. The number of ether oxygens (including phenoxy) is 1. The van der Waals surface area contributed by atoms with Crippen LogP contribution < -0.4 is 20.1 Å². The van der Waals surface area contributed by atoms with Crippen LogP contribution >= 0.6 is 24.0 Å². The number of halogens is 1. The molecule has 0 saturated heterocycles. The summed E-state index contributed by atoms with van der Waals surface area (Å²) in [6, 6.07) is 8.01. The van der Waals surface area contributed by atoms with Gasteiger partial charge in [-0.25, -0.2) is 13.1 Å². The number of hydrogen-bond donors (Lipinski definition) is 3. The van der Waals surface area contributed by atoms with Gasteiger partial charge in [0.1, 0.15) is 5.75 Å². The summed E-state index contributed by atoms with van der Waals surface area (Å²) in [5.74, 6) is 2.31. The highest BCUT2D eigenvalue weighted by atomic mass is 127. The number of rotatable bonds is 10. The summed E-state index contributed by atoms with van der Waals surface area (Å²) in [7, 11) is -1.42. The number of nitrogens with zero attached hydrogens (tertiary/aromatic N) is 1. The van der Waals surface area contributed by atoms with Crippen molar-refractivity contribution >= 4 is 40.0 Å². The van der Waals surface area contributed by atoms with Gasteiger partial charge in [0.25, 0.3) is 0 Å². The highest BCUT2D eigenvalue weighted by molar-refractivity contribution is 14.0. The van der Waals surface area contributed by atoms with Gasteiger partial charge in [0.15, 0.2) is 5.96 Å². The van der Waals surface area contributed by atoms with Gasteiger partial charge >= 0.3 is 0 Å². The molecule has 1 aromatic carbocycles. The van der Waals surface area contributed by atoms with Crippen molar-refractivity contribution < 1.29 is 13.2 Å². The van der Waals surface area contributed by atoms with Crippen LogP contribution in [0.4, 0.5) is 0 Å². The number of benzene rings is 1. The van der Waals surface area contributed by atoms with E-state index in [-0.39, 0.29) is 24.0 Å². The molecule has 0 unspecified atom stereocenters. The monoisotopic (exact) mass is 496 g/mol. The number of nitrogens with one attached hydrogen (secondary N) is 3. The Morgan fingerprint density at radius 1 is 1.23 bits per heavy atom. The summed E-state index contributed by atoms with van der Waals surface area (Å²) >= 11 is 0. The van der Waals surface area contributed by atoms with Crippen LogP contribution in [0.25, 0.3) is 0 Å². The zero-order valence-electron chi connectivity index (χ0n) is 15.3. The Labute approximate surface area is 173 Å². The molecule has 1 aliphatic carbocycles. The first-order valence-electron chi connectivity index (χ1n) is 8.58. The molecule has 1 fully saturated rings. The van der Waals surface area contributed by atoms with Crippen molar-refractivity contribution in [1.82, 2.24) is 15.4 Å². The highest BCUT2D eigenvalue weighted by Crippen LogP contribution is 2.30. The number of sulfonamides is 1. The Hall–Kier alpha value is -1.07. The van der Waals surface area contributed by atoms with Gasteiger partial charge < -0.3 is 15.4 Å². The predicted octanol–water partition coefficient (Wildman–Crippen LogP) is 1.70. The average Bonchev–Trinajstić information content (AvgIpc) is 3.39. The summed E-state index contributed by atoms with van der Waals surface area (Å²) < 4.78 is 30.4. The molecular weight excluding hydrogens is 467 g/mol. The second-order valence-electron chi connectivity index (χ2n) is 6.23. The molecule has 0 atom stereocenters. The minimum absolute atomic E-state index is 0. The molecule has 0 heterocycles. The second kappa shape index (κ2) is 11.6. The smallest absolute Gasteiger partial charge is 0.208 e. The molecule has 0 aromatic heterocycles. The molecule has 0 aliphatic heterocycles. The molecule has 1 aliphatic rings. The van der Waals surface area contributed by atoms with Gasteiger partial charge in [0.05, 0.1) is 12.9 Å². The molecule has 148 valence electrons. The summed E-state index contributed by atoms with van der Waals surface area (Å²) in [6.07, 6.45) is 4.37. The standard InChI is InChI=1S/C17H28N4O3S.HI/c1-18-17(19-10-5-11-21-25(2,22)23)20-12-15-6-3-4-7-16(15)24-13-14-8-9-14;/h3-4,6-7,14,21H,5,8-13H2,1-2H3,(H2,18,19,20);1H. The first-order valence-corrected chi connectivity index (χ1v) is 10.5. The third-order valence-corrected chi connectivity index (χ3v) is 4.55. The summed E-state index contributed by atoms with van der Waals surface area (Å²) in [6.45, 7) is 2.43. The summed E-state index contributed by atoms with van der Waals surface area (Å²) in [5.41, 5.74) is 1.09. The maximum absolute atomic E-state index is 11.0. The van der Waals surface area contributed by atoms with Crippen molar-refractivity contribution in [3.63, 3.8) is 0 Å². The van der Waals surface area contributed by atoms with Gasteiger partial charge in [-0.2, -0.15) is 0 Å². The first-order chi connectivity index (χ1) is 12.0. The van der Waals surface area contributed by atoms with E-state index in [2.05, 4.69) is 20.3 Å². The molecule has 9 heteroatoms. The van der Waals surface area contributed by atoms with E-state index < -0.39 is 10.0 Å². The fourth-order valence-electron chi connectivity index (χ4n) is 2.24. The number of guanidine groups is 1. The van der Waals surface area contributed by atoms with Crippen LogP contribution in [0.2, 0.25) is 0 Å². The lowest BCUT2D eigenvalue weighted by molar-refractivity contribution is 0.296. The number of para-hydroxylation sites is 1. The molecule has 1 saturated carbocycles. The van der Waals surface area contributed by atoms with Gasteiger partial charge in [-0.15, -0.1) is 24.0 Å². The summed E-state index contributed by atoms with van der Waals surface area (Å²) in [4.78, 5) is 4.18.